The number of thiocarbonyl (C=S) groups is 1. The maximum Gasteiger partial charge on any atom is 0.257 e. The zero-order valence-corrected chi connectivity index (χ0v) is 16.2. The van der Waals surface area contributed by atoms with Crippen LogP contribution in [0.3, 0.4) is 0 Å². The molecule has 0 bridgehead atoms. The van der Waals surface area contributed by atoms with Gasteiger partial charge in [0.2, 0.25) is 0 Å². The molecule has 8 heteroatoms. The molecule has 1 amide bonds. The van der Waals surface area contributed by atoms with Crippen molar-refractivity contribution >= 4 is 40.0 Å². The Morgan fingerprint density at radius 3 is 2.34 bits per heavy atom. The van der Waals surface area contributed by atoms with Crippen molar-refractivity contribution in [3.8, 4) is 5.69 Å². The summed E-state index contributed by atoms with van der Waals surface area (Å²) in [5.41, 5.74) is 4.10. The predicted octanol–water partition coefficient (Wildman–Crippen LogP) is 3.99. The zero-order chi connectivity index (χ0) is 20.4. The minimum absolute atomic E-state index is 0.187. The molecule has 3 aromatic carbocycles. The number of carbonyl (C=O) groups is 1. The number of rotatable bonds is 3. The Balaban J connectivity index is 1.54. The molecule has 0 aliphatic heterocycles. The average molecular weight is 405 g/mol. The van der Waals surface area contributed by atoms with Crippen LogP contribution in [0, 0.1) is 12.7 Å². The number of nitrogens with one attached hydrogen (secondary N) is 2. The van der Waals surface area contributed by atoms with E-state index >= 15 is 0 Å². The minimum Gasteiger partial charge on any atom is -0.332 e. The zero-order valence-electron chi connectivity index (χ0n) is 15.4. The molecule has 2 N–H and O–H groups in total. The highest BCUT2D eigenvalue weighted by Gasteiger charge is 2.11. The number of benzene rings is 3. The number of nitrogens with zero attached hydrogens (tertiary/aromatic N) is 3. The number of aromatic nitrogens is 3. The van der Waals surface area contributed by atoms with Crippen LogP contribution >= 0.6 is 12.2 Å². The highest BCUT2D eigenvalue weighted by molar-refractivity contribution is 7.80. The van der Waals surface area contributed by atoms with Crippen molar-refractivity contribution < 1.29 is 9.18 Å². The SMILES string of the molecule is Cc1cc2nn(-c3ccc(F)cc3)nc2cc1NC(=S)NC(=O)c1ccccc1. The smallest absolute Gasteiger partial charge is 0.257 e. The predicted molar refractivity (Wildman–Crippen MR) is 114 cm³/mol. The van der Waals surface area contributed by atoms with Gasteiger partial charge in [0.1, 0.15) is 16.9 Å². The minimum atomic E-state index is -0.321. The van der Waals surface area contributed by atoms with E-state index in [1.54, 1.807) is 42.5 Å². The Kier molecular flexibility index (Phi) is 5.01. The van der Waals surface area contributed by atoms with Gasteiger partial charge in [0.05, 0.1) is 5.69 Å². The van der Waals surface area contributed by atoms with E-state index in [0.717, 1.165) is 5.56 Å². The molecule has 4 aromatic rings. The van der Waals surface area contributed by atoms with Crippen LogP contribution in [0.4, 0.5) is 10.1 Å². The number of fused-ring (bicyclic) bond motifs is 1. The number of carbonyl (C=O) groups excluding carboxylic acids is 1. The van der Waals surface area contributed by atoms with Crippen LogP contribution < -0.4 is 10.6 Å². The summed E-state index contributed by atoms with van der Waals surface area (Å²) in [6.45, 7) is 1.90. The summed E-state index contributed by atoms with van der Waals surface area (Å²) in [6, 6.07) is 18.4. The van der Waals surface area contributed by atoms with Crippen LogP contribution in [0.2, 0.25) is 0 Å². The maximum absolute atomic E-state index is 13.1. The van der Waals surface area contributed by atoms with Gasteiger partial charge in [-0.25, -0.2) is 4.39 Å². The van der Waals surface area contributed by atoms with E-state index in [4.69, 9.17) is 12.2 Å². The van der Waals surface area contributed by atoms with Crippen LogP contribution in [0.15, 0.2) is 66.7 Å². The van der Waals surface area contributed by atoms with Gasteiger partial charge in [-0.3, -0.25) is 10.1 Å². The van der Waals surface area contributed by atoms with Gasteiger partial charge in [-0.15, -0.1) is 10.2 Å². The van der Waals surface area contributed by atoms with Crippen molar-refractivity contribution in [2.24, 2.45) is 0 Å². The van der Waals surface area contributed by atoms with Crippen molar-refractivity contribution in [2.45, 2.75) is 6.92 Å². The quantitative estimate of drug-likeness (QED) is 0.504. The molecule has 29 heavy (non-hydrogen) atoms. The lowest BCUT2D eigenvalue weighted by atomic mass is 10.2. The second-order valence-electron chi connectivity index (χ2n) is 6.40. The first kappa shape index (κ1) is 18.7. The average Bonchev–Trinajstić information content (AvgIpc) is 3.12. The summed E-state index contributed by atoms with van der Waals surface area (Å²) in [7, 11) is 0. The van der Waals surface area contributed by atoms with Crippen LogP contribution in [0.5, 0.6) is 0 Å². The number of amides is 1. The van der Waals surface area contributed by atoms with Gasteiger partial charge < -0.3 is 5.32 Å². The van der Waals surface area contributed by atoms with Gasteiger partial charge in [0.25, 0.3) is 5.91 Å². The van der Waals surface area contributed by atoms with Gasteiger partial charge in [0.15, 0.2) is 5.11 Å². The van der Waals surface area contributed by atoms with E-state index < -0.39 is 0 Å². The third-order valence-corrected chi connectivity index (χ3v) is 4.50. The van der Waals surface area contributed by atoms with Crippen molar-refractivity contribution in [3.05, 3.63) is 83.7 Å². The summed E-state index contributed by atoms with van der Waals surface area (Å²) in [5.74, 6) is -0.608. The van der Waals surface area contributed by atoms with Crippen molar-refractivity contribution in [2.75, 3.05) is 5.32 Å². The molecule has 0 aliphatic rings. The monoisotopic (exact) mass is 405 g/mol. The summed E-state index contributed by atoms with van der Waals surface area (Å²) < 4.78 is 13.1. The molecule has 0 fully saturated rings. The van der Waals surface area contributed by atoms with Gasteiger partial charge >= 0.3 is 0 Å². The molecule has 144 valence electrons. The number of hydrogen-bond acceptors (Lipinski definition) is 4. The lowest BCUT2D eigenvalue weighted by Crippen LogP contribution is -2.34. The van der Waals surface area contributed by atoms with Gasteiger partial charge in [-0.05, 0) is 73.2 Å². The molecular weight excluding hydrogens is 389 g/mol. The number of aryl methyl sites for hydroxylation is 1. The molecule has 0 radical (unpaired) electrons. The van der Waals surface area contributed by atoms with E-state index in [9.17, 15) is 9.18 Å². The molecule has 1 heterocycles. The van der Waals surface area contributed by atoms with Crippen molar-refractivity contribution in [3.63, 3.8) is 0 Å². The molecule has 0 unspecified atom stereocenters. The first-order chi connectivity index (χ1) is 14.0. The fourth-order valence-electron chi connectivity index (χ4n) is 2.81. The molecule has 0 saturated carbocycles. The van der Waals surface area contributed by atoms with Crippen LogP contribution in [0.25, 0.3) is 16.7 Å². The number of hydrogen-bond donors (Lipinski definition) is 2. The topological polar surface area (TPSA) is 71.8 Å². The van der Waals surface area contributed by atoms with E-state index in [-0.39, 0.29) is 16.8 Å². The van der Waals surface area contributed by atoms with Gasteiger partial charge in [0, 0.05) is 11.3 Å². The Labute approximate surface area is 171 Å². The van der Waals surface area contributed by atoms with E-state index in [0.29, 0.717) is 28.0 Å². The first-order valence-corrected chi connectivity index (χ1v) is 9.21. The summed E-state index contributed by atoms with van der Waals surface area (Å²) in [4.78, 5) is 13.7. The molecule has 0 atom stereocenters. The second kappa shape index (κ2) is 7.76. The standard InChI is InChI=1S/C21H16FN5OS/c1-13-11-18-19(26-27(25-18)16-9-7-15(22)8-10-16)12-17(13)23-21(29)24-20(28)14-5-3-2-4-6-14/h2-12H,1H3,(H2,23,24,28,29). The van der Waals surface area contributed by atoms with Crippen LogP contribution in [-0.4, -0.2) is 26.0 Å². The Morgan fingerprint density at radius 2 is 1.66 bits per heavy atom. The molecule has 1 aromatic heterocycles. The van der Waals surface area contributed by atoms with Gasteiger partial charge in [-0.1, -0.05) is 18.2 Å². The van der Waals surface area contributed by atoms with E-state index in [2.05, 4.69) is 20.8 Å². The summed E-state index contributed by atoms with van der Waals surface area (Å²) in [5, 5.41) is 14.8. The third kappa shape index (κ3) is 4.12. The Bertz CT molecular complexity index is 1210. The Morgan fingerprint density at radius 1 is 1.00 bits per heavy atom. The summed E-state index contributed by atoms with van der Waals surface area (Å²) >= 11 is 5.27. The first-order valence-electron chi connectivity index (χ1n) is 8.80. The second-order valence-corrected chi connectivity index (χ2v) is 6.80. The normalized spacial score (nSPS) is 10.7. The van der Waals surface area contributed by atoms with E-state index in [1.807, 2.05) is 19.1 Å². The van der Waals surface area contributed by atoms with Crippen molar-refractivity contribution in [1.82, 2.24) is 20.3 Å². The molecule has 4 rings (SSSR count). The lowest BCUT2D eigenvalue weighted by molar-refractivity contribution is 0.0977. The highest BCUT2D eigenvalue weighted by atomic mass is 32.1. The number of halogens is 1. The fourth-order valence-corrected chi connectivity index (χ4v) is 3.01. The third-order valence-electron chi connectivity index (χ3n) is 4.30. The van der Waals surface area contributed by atoms with Crippen LogP contribution in [-0.2, 0) is 0 Å². The van der Waals surface area contributed by atoms with Gasteiger partial charge in [-0.2, -0.15) is 4.80 Å². The highest BCUT2D eigenvalue weighted by Crippen LogP contribution is 2.22. The number of anilines is 1. The molecular formula is C21H16FN5OS. The lowest BCUT2D eigenvalue weighted by Gasteiger charge is -2.11. The summed E-state index contributed by atoms with van der Waals surface area (Å²) in [6.07, 6.45) is 0. The maximum atomic E-state index is 13.1. The fraction of sp³-hybridized carbons (Fsp3) is 0.0476. The van der Waals surface area contributed by atoms with Crippen LogP contribution in [0.1, 0.15) is 15.9 Å². The Hall–Kier alpha value is -3.65. The van der Waals surface area contributed by atoms with E-state index in [1.165, 1.54) is 16.9 Å². The molecule has 0 spiro atoms. The molecule has 0 aliphatic carbocycles. The molecule has 6 nitrogen and oxygen atoms in total. The largest absolute Gasteiger partial charge is 0.332 e. The van der Waals surface area contributed by atoms with Crippen molar-refractivity contribution in [1.29, 1.82) is 0 Å². The molecule has 0 saturated heterocycles.